The van der Waals surface area contributed by atoms with Crippen molar-refractivity contribution in [2.24, 2.45) is 0 Å². The molecule has 0 aliphatic rings. The summed E-state index contributed by atoms with van der Waals surface area (Å²) in [5.74, 6) is 3.77. The van der Waals surface area contributed by atoms with Gasteiger partial charge in [-0.25, -0.2) is 0 Å². The third-order valence-electron chi connectivity index (χ3n) is 6.28. The van der Waals surface area contributed by atoms with Crippen molar-refractivity contribution < 1.29 is 42.0 Å². The van der Waals surface area contributed by atoms with Crippen LogP contribution < -0.4 is 42.0 Å². The summed E-state index contributed by atoms with van der Waals surface area (Å²) in [5, 5.41) is 0. The van der Waals surface area contributed by atoms with Crippen LogP contribution in [0, 0.1) is 0 Å². The lowest BCUT2D eigenvalue weighted by Gasteiger charge is -2.24. The van der Waals surface area contributed by atoms with Crippen LogP contribution in [0.5, 0.6) is 51.7 Å². The van der Waals surface area contributed by atoms with E-state index < -0.39 is 8.60 Å². The van der Waals surface area contributed by atoms with Crippen LogP contribution in [-0.2, 0) is 19.3 Å². The zero-order valence-electron chi connectivity index (χ0n) is 24.7. The highest BCUT2D eigenvalue weighted by Crippen LogP contribution is 2.55. The van der Waals surface area contributed by atoms with Crippen molar-refractivity contribution in [2.75, 3.05) is 42.7 Å². The summed E-state index contributed by atoms with van der Waals surface area (Å²) >= 11 is 0. The second-order valence-electron chi connectivity index (χ2n) is 8.55. The van der Waals surface area contributed by atoms with Gasteiger partial charge in [-0.2, -0.15) is 0 Å². The minimum Gasteiger partial charge on any atom is -0.493 e. The monoisotopic (exact) mass is 574 g/mol. The second kappa shape index (κ2) is 14.6. The van der Waals surface area contributed by atoms with E-state index in [1.807, 2.05) is 57.2 Å². The highest BCUT2D eigenvalue weighted by Gasteiger charge is 2.31. The Morgan fingerprint density at radius 2 is 0.600 bits per heavy atom. The first kappa shape index (κ1) is 30.8. The first-order valence-electron chi connectivity index (χ1n) is 13.0. The van der Waals surface area contributed by atoms with Gasteiger partial charge in [0.1, 0.15) is 0 Å². The molecule has 0 aromatic heterocycles. The van der Waals surface area contributed by atoms with Crippen LogP contribution in [0.3, 0.4) is 0 Å². The van der Waals surface area contributed by atoms with Crippen molar-refractivity contribution in [2.45, 2.75) is 40.0 Å². The first-order valence-corrected chi connectivity index (χ1v) is 14.1. The molecule has 9 nitrogen and oxygen atoms in total. The lowest BCUT2D eigenvalue weighted by molar-refractivity contribution is 0.308. The van der Waals surface area contributed by atoms with Crippen molar-refractivity contribution in [3.8, 4) is 51.7 Å². The maximum absolute atomic E-state index is 6.43. The lowest BCUT2D eigenvalue weighted by Crippen LogP contribution is -2.08. The summed E-state index contributed by atoms with van der Waals surface area (Å²) in [5.41, 5.74) is 3.05. The highest BCUT2D eigenvalue weighted by molar-refractivity contribution is 7.43. The van der Waals surface area contributed by atoms with Gasteiger partial charge in [-0.15, -0.1) is 0 Å². The number of methoxy groups -OCH3 is 6. The first-order chi connectivity index (χ1) is 19.4. The normalized spacial score (nSPS) is 10.7. The van der Waals surface area contributed by atoms with Crippen molar-refractivity contribution >= 4 is 8.60 Å². The van der Waals surface area contributed by atoms with Gasteiger partial charge in [0, 0.05) is 0 Å². The van der Waals surface area contributed by atoms with Crippen molar-refractivity contribution in [1.82, 2.24) is 0 Å². The smallest absolute Gasteiger partial charge is 0.493 e. The fourth-order valence-electron chi connectivity index (χ4n) is 3.96. The summed E-state index contributed by atoms with van der Waals surface area (Å²) in [7, 11) is 7.15. The number of aryl methyl sites for hydroxylation is 3. The molecule has 3 aromatic carbocycles. The summed E-state index contributed by atoms with van der Waals surface area (Å²) in [6, 6.07) is 11.3. The molecule has 3 rings (SSSR count). The van der Waals surface area contributed by atoms with E-state index in [1.54, 1.807) is 42.7 Å². The van der Waals surface area contributed by atoms with Crippen LogP contribution in [0.2, 0.25) is 0 Å². The lowest BCUT2D eigenvalue weighted by atomic mass is 10.1. The van der Waals surface area contributed by atoms with E-state index >= 15 is 0 Å². The van der Waals surface area contributed by atoms with Crippen molar-refractivity contribution in [1.29, 1.82) is 0 Å². The third kappa shape index (κ3) is 6.89. The van der Waals surface area contributed by atoms with Gasteiger partial charge in [0.05, 0.1) is 42.7 Å². The second-order valence-corrected chi connectivity index (χ2v) is 9.54. The average Bonchev–Trinajstić information content (AvgIpc) is 3.00. The number of benzene rings is 3. The molecule has 0 atom stereocenters. The van der Waals surface area contributed by atoms with Gasteiger partial charge >= 0.3 is 8.60 Å². The molecular formula is C30H39O9P. The van der Waals surface area contributed by atoms with Crippen LogP contribution in [0.25, 0.3) is 0 Å². The molecule has 0 spiro atoms. The van der Waals surface area contributed by atoms with Crippen molar-refractivity contribution in [3.05, 3.63) is 53.1 Å². The van der Waals surface area contributed by atoms with Gasteiger partial charge in [-0.3, -0.25) is 0 Å². The predicted molar refractivity (Wildman–Crippen MR) is 156 cm³/mol. The predicted octanol–water partition coefficient (Wildman–Crippen LogP) is 7.19. The molecular weight excluding hydrogens is 535 g/mol. The number of rotatable bonds is 15. The fourth-order valence-corrected chi connectivity index (χ4v) is 5.06. The summed E-state index contributed by atoms with van der Waals surface area (Å²) in [6.07, 6.45) is 2.35. The van der Waals surface area contributed by atoms with E-state index in [4.69, 9.17) is 42.0 Å². The SMILES string of the molecule is CCc1cc(OC)c(OP(Oc2c(OC)cc(CC)cc2OC)Oc2c(OC)cc(CC)cc2OC)c(OC)c1. The van der Waals surface area contributed by atoms with Gasteiger partial charge in [-0.1, -0.05) is 20.8 Å². The van der Waals surface area contributed by atoms with Crippen LogP contribution in [-0.4, -0.2) is 42.7 Å². The molecule has 218 valence electrons. The summed E-state index contributed by atoms with van der Waals surface area (Å²) < 4.78 is 53.3. The maximum Gasteiger partial charge on any atom is 0.531 e. The third-order valence-corrected chi connectivity index (χ3v) is 7.28. The van der Waals surface area contributed by atoms with Gasteiger partial charge in [0.25, 0.3) is 0 Å². The van der Waals surface area contributed by atoms with Gasteiger partial charge < -0.3 is 42.0 Å². The molecule has 0 N–H and O–H groups in total. The van der Waals surface area contributed by atoms with Crippen LogP contribution in [0.1, 0.15) is 37.5 Å². The van der Waals surface area contributed by atoms with Gasteiger partial charge in [0.2, 0.25) is 17.2 Å². The molecule has 0 saturated carbocycles. The van der Waals surface area contributed by atoms with E-state index in [2.05, 4.69) is 0 Å². The van der Waals surface area contributed by atoms with Gasteiger partial charge in [-0.05, 0) is 72.4 Å². The van der Waals surface area contributed by atoms with E-state index in [0.29, 0.717) is 51.7 Å². The zero-order chi connectivity index (χ0) is 29.2. The molecule has 0 radical (unpaired) electrons. The number of hydrogen-bond acceptors (Lipinski definition) is 9. The Hall–Kier alpha value is -3.71. The van der Waals surface area contributed by atoms with E-state index in [-0.39, 0.29) is 0 Å². The van der Waals surface area contributed by atoms with Crippen LogP contribution in [0.4, 0.5) is 0 Å². The molecule has 40 heavy (non-hydrogen) atoms. The Kier molecular flexibility index (Phi) is 11.3. The molecule has 0 amide bonds. The van der Waals surface area contributed by atoms with Crippen molar-refractivity contribution in [3.63, 3.8) is 0 Å². The van der Waals surface area contributed by atoms with E-state index in [1.165, 1.54) is 0 Å². The molecule has 0 fully saturated rings. The molecule has 0 heterocycles. The Balaban J connectivity index is 2.19. The maximum atomic E-state index is 6.43. The van der Waals surface area contributed by atoms with Crippen LogP contribution >= 0.6 is 8.60 Å². The fraction of sp³-hybridized carbons (Fsp3) is 0.400. The molecule has 0 unspecified atom stereocenters. The molecule has 0 aliphatic carbocycles. The minimum absolute atomic E-state index is 0.319. The Bertz CT molecular complexity index is 1050. The molecule has 0 saturated heterocycles. The van der Waals surface area contributed by atoms with E-state index in [9.17, 15) is 0 Å². The Morgan fingerprint density at radius 1 is 0.400 bits per heavy atom. The average molecular weight is 575 g/mol. The Labute approximate surface area is 238 Å². The molecule has 3 aromatic rings. The number of hydrogen-bond donors (Lipinski definition) is 0. The summed E-state index contributed by atoms with van der Waals surface area (Å²) in [4.78, 5) is 0. The number of ether oxygens (including phenoxy) is 6. The minimum atomic E-state index is -2.24. The zero-order valence-corrected chi connectivity index (χ0v) is 25.6. The molecule has 0 bridgehead atoms. The Morgan fingerprint density at radius 3 is 0.750 bits per heavy atom. The largest absolute Gasteiger partial charge is 0.531 e. The molecule has 0 aliphatic heterocycles. The quantitative estimate of drug-likeness (QED) is 0.175. The molecule has 10 heteroatoms. The summed E-state index contributed by atoms with van der Waals surface area (Å²) in [6.45, 7) is 6.14. The standard InChI is InChI=1S/C30H39O9P/c1-10-19-13-22(31-4)28(23(14-19)32-5)37-40(38-29-24(33-6)15-20(11-2)16-25(29)34-7)39-30-26(35-8)17-21(12-3)18-27(30)36-9/h13-18H,10-12H2,1-9H3. The van der Waals surface area contributed by atoms with Gasteiger partial charge in [0.15, 0.2) is 34.5 Å². The topological polar surface area (TPSA) is 83.1 Å². The van der Waals surface area contributed by atoms with Crippen LogP contribution in [0.15, 0.2) is 36.4 Å². The highest BCUT2D eigenvalue weighted by atomic mass is 31.2. The van der Waals surface area contributed by atoms with E-state index in [0.717, 1.165) is 36.0 Å².